The highest BCUT2D eigenvalue weighted by Crippen LogP contribution is 2.32. The maximum absolute atomic E-state index is 11.1. The van der Waals surface area contributed by atoms with Gasteiger partial charge in [0.25, 0.3) is 0 Å². The first-order valence-corrected chi connectivity index (χ1v) is 6.33. The van der Waals surface area contributed by atoms with Crippen LogP contribution in [-0.4, -0.2) is 6.29 Å². The molecule has 0 fully saturated rings. The van der Waals surface area contributed by atoms with Gasteiger partial charge in [-0.25, -0.2) is 0 Å². The molecular formula is C17H18O2. The molecule has 0 aliphatic carbocycles. The highest BCUT2D eigenvalue weighted by atomic mass is 16.5. The monoisotopic (exact) mass is 254 g/mol. The fourth-order valence-electron chi connectivity index (χ4n) is 2.05. The molecule has 0 saturated carbocycles. The molecule has 19 heavy (non-hydrogen) atoms. The minimum Gasteiger partial charge on any atom is -0.456 e. The molecular weight excluding hydrogens is 236 g/mol. The van der Waals surface area contributed by atoms with Crippen LogP contribution in [0, 0.1) is 27.7 Å². The van der Waals surface area contributed by atoms with Gasteiger partial charge in [0, 0.05) is 0 Å². The Kier molecular flexibility index (Phi) is 3.70. The molecule has 0 aliphatic heterocycles. The van der Waals surface area contributed by atoms with E-state index < -0.39 is 0 Å². The van der Waals surface area contributed by atoms with Crippen LogP contribution in [0.5, 0.6) is 11.5 Å². The summed E-state index contributed by atoms with van der Waals surface area (Å²) in [6, 6.07) is 9.74. The van der Waals surface area contributed by atoms with Gasteiger partial charge in [-0.15, -0.1) is 0 Å². The molecule has 2 nitrogen and oxygen atoms in total. The normalized spacial score (nSPS) is 10.3. The number of aryl methyl sites for hydroxylation is 3. The lowest BCUT2D eigenvalue weighted by molar-refractivity contribution is 0.112. The summed E-state index contributed by atoms with van der Waals surface area (Å²) >= 11 is 0. The molecule has 98 valence electrons. The summed E-state index contributed by atoms with van der Waals surface area (Å²) in [4.78, 5) is 11.1. The fraction of sp³-hybridized carbons (Fsp3) is 0.235. The van der Waals surface area contributed by atoms with Gasteiger partial charge in [-0.3, -0.25) is 4.79 Å². The second-order valence-electron chi connectivity index (χ2n) is 4.91. The molecule has 0 spiro atoms. The molecule has 0 aromatic heterocycles. The summed E-state index contributed by atoms with van der Waals surface area (Å²) in [5, 5.41) is 0. The lowest BCUT2D eigenvalue weighted by Crippen LogP contribution is -1.96. The Morgan fingerprint density at radius 2 is 1.63 bits per heavy atom. The van der Waals surface area contributed by atoms with Crippen LogP contribution in [0.4, 0.5) is 0 Å². The smallest absolute Gasteiger partial charge is 0.153 e. The van der Waals surface area contributed by atoms with E-state index >= 15 is 0 Å². The van der Waals surface area contributed by atoms with Crippen LogP contribution in [0.25, 0.3) is 0 Å². The molecule has 0 radical (unpaired) electrons. The number of benzene rings is 2. The van der Waals surface area contributed by atoms with E-state index in [-0.39, 0.29) is 0 Å². The number of hydrogen-bond donors (Lipinski definition) is 0. The van der Waals surface area contributed by atoms with E-state index in [1.807, 2.05) is 45.0 Å². The molecule has 0 atom stereocenters. The van der Waals surface area contributed by atoms with E-state index in [0.717, 1.165) is 28.7 Å². The summed E-state index contributed by atoms with van der Waals surface area (Å²) in [5.74, 6) is 1.45. The molecule has 0 heterocycles. The van der Waals surface area contributed by atoms with Crippen LogP contribution < -0.4 is 4.74 Å². The van der Waals surface area contributed by atoms with Crippen LogP contribution in [-0.2, 0) is 0 Å². The Morgan fingerprint density at radius 3 is 2.32 bits per heavy atom. The second kappa shape index (κ2) is 5.27. The molecule has 0 unspecified atom stereocenters. The molecule has 0 bridgehead atoms. The van der Waals surface area contributed by atoms with E-state index in [2.05, 4.69) is 13.0 Å². The van der Waals surface area contributed by atoms with Crippen molar-refractivity contribution >= 4 is 6.29 Å². The van der Waals surface area contributed by atoms with Crippen LogP contribution in [0.2, 0.25) is 0 Å². The van der Waals surface area contributed by atoms with Crippen molar-refractivity contribution in [3.05, 3.63) is 58.1 Å². The minimum absolute atomic E-state index is 0.584. The van der Waals surface area contributed by atoms with Gasteiger partial charge in [0.2, 0.25) is 0 Å². The topological polar surface area (TPSA) is 26.3 Å². The summed E-state index contributed by atoms with van der Waals surface area (Å²) in [6.07, 6.45) is 0.836. The number of carbonyl (C=O) groups excluding carboxylic acids is 1. The Labute approximate surface area is 114 Å². The van der Waals surface area contributed by atoms with Crippen molar-refractivity contribution in [3.8, 4) is 11.5 Å². The highest BCUT2D eigenvalue weighted by Gasteiger charge is 2.10. The number of carbonyl (C=O) groups is 1. The number of aldehydes is 1. The summed E-state index contributed by atoms with van der Waals surface area (Å²) in [5.41, 5.74) is 4.99. The van der Waals surface area contributed by atoms with E-state index in [0.29, 0.717) is 11.3 Å². The number of ether oxygens (including phenoxy) is 1. The van der Waals surface area contributed by atoms with E-state index in [1.165, 1.54) is 5.56 Å². The molecule has 0 saturated heterocycles. The molecule has 2 heteroatoms. The standard InChI is InChI=1S/C17H18O2/c1-11-5-8-16(15(9-11)10-18)19-17-13(3)7-6-12(2)14(17)4/h5-10H,1-4H3. The quantitative estimate of drug-likeness (QED) is 0.752. The largest absolute Gasteiger partial charge is 0.456 e. The van der Waals surface area contributed by atoms with E-state index in [4.69, 9.17) is 4.74 Å². The third kappa shape index (κ3) is 2.68. The average Bonchev–Trinajstić information content (AvgIpc) is 2.40. The molecule has 2 aromatic rings. The minimum atomic E-state index is 0.584. The van der Waals surface area contributed by atoms with Crippen molar-refractivity contribution in [1.29, 1.82) is 0 Å². The van der Waals surface area contributed by atoms with Crippen molar-refractivity contribution in [3.63, 3.8) is 0 Å². The Bertz CT molecular complexity index is 627. The SMILES string of the molecule is Cc1ccc(Oc2c(C)ccc(C)c2C)c(C=O)c1. The van der Waals surface area contributed by atoms with Gasteiger partial charge in [-0.1, -0.05) is 23.8 Å². The summed E-state index contributed by atoms with van der Waals surface area (Å²) < 4.78 is 5.97. The molecule has 0 aliphatic rings. The zero-order valence-corrected chi connectivity index (χ0v) is 11.8. The van der Waals surface area contributed by atoms with Crippen LogP contribution in [0.3, 0.4) is 0 Å². The third-order valence-electron chi connectivity index (χ3n) is 3.38. The first-order valence-electron chi connectivity index (χ1n) is 6.33. The number of hydrogen-bond acceptors (Lipinski definition) is 2. The summed E-state index contributed by atoms with van der Waals surface area (Å²) in [6.45, 7) is 8.06. The average molecular weight is 254 g/mol. The zero-order valence-electron chi connectivity index (χ0n) is 11.8. The first-order chi connectivity index (χ1) is 9.02. The van der Waals surface area contributed by atoms with E-state index in [9.17, 15) is 4.79 Å². The third-order valence-corrected chi connectivity index (χ3v) is 3.38. The van der Waals surface area contributed by atoms with Gasteiger partial charge in [-0.05, 0) is 56.5 Å². The summed E-state index contributed by atoms with van der Waals surface area (Å²) in [7, 11) is 0. The molecule has 0 amide bonds. The molecule has 2 aromatic carbocycles. The second-order valence-corrected chi connectivity index (χ2v) is 4.91. The van der Waals surface area contributed by atoms with Crippen molar-refractivity contribution in [2.75, 3.05) is 0 Å². The fourth-order valence-corrected chi connectivity index (χ4v) is 2.05. The molecule has 0 N–H and O–H groups in total. The van der Waals surface area contributed by atoms with Gasteiger partial charge in [0.1, 0.15) is 11.5 Å². The Morgan fingerprint density at radius 1 is 0.947 bits per heavy atom. The maximum atomic E-state index is 11.1. The van der Waals surface area contributed by atoms with Gasteiger partial charge in [0.15, 0.2) is 6.29 Å². The Hall–Kier alpha value is -2.09. The first kappa shape index (κ1) is 13.3. The van der Waals surface area contributed by atoms with Gasteiger partial charge >= 0.3 is 0 Å². The van der Waals surface area contributed by atoms with Crippen LogP contribution in [0.1, 0.15) is 32.6 Å². The van der Waals surface area contributed by atoms with Crippen LogP contribution in [0.15, 0.2) is 30.3 Å². The number of rotatable bonds is 3. The van der Waals surface area contributed by atoms with Crippen molar-refractivity contribution < 1.29 is 9.53 Å². The molecule has 2 rings (SSSR count). The predicted octanol–water partition coefficient (Wildman–Crippen LogP) is 4.53. The van der Waals surface area contributed by atoms with Crippen molar-refractivity contribution in [1.82, 2.24) is 0 Å². The van der Waals surface area contributed by atoms with Gasteiger partial charge < -0.3 is 4.74 Å². The van der Waals surface area contributed by atoms with Gasteiger partial charge in [0.05, 0.1) is 5.56 Å². The lowest BCUT2D eigenvalue weighted by atomic mass is 10.1. The highest BCUT2D eigenvalue weighted by molar-refractivity contribution is 5.80. The van der Waals surface area contributed by atoms with Crippen molar-refractivity contribution in [2.24, 2.45) is 0 Å². The van der Waals surface area contributed by atoms with Crippen molar-refractivity contribution in [2.45, 2.75) is 27.7 Å². The van der Waals surface area contributed by atoms with E-state index in [1.54, 1.807) is 0 Å². The Balaban J connectivity index is 2.47. The van der Waals surface area contributed by atoms with Gasteiger partial charge in [-0.2, -0.15) is 0 Å². The lowest BCUT2D eigenvalue weighted by Gasteiger charge is -2.15. The maximum Gasteiger partial charge on any atom is 0.153 e. The zero-order chi connectivity index (χ0) is 14.0. The predicted molar refractivity (Wildman–Crippen MR) is 77.3 cm³/mol. The van der Waals surface area contributed by atoms with Crippen LogP contribution >= 0.6 is 0 Å².